The normalized spacial score (nSPS) is 9.07. The van der Waals surface area contributed by atoms with Crippen molar-refractivity contribution in [1.82, 2.24) is 0 Å². The van der Waals surface area contributed by atoms with Gasteiger partial charge in [0.1, 0.15) is 0 Å². The molecule has 0 saturated heterocycles. The average molecular weight is 186 g/mol. The van der Waals surface area contributed by atoms with Crippen LogP contribution in [0.3, 0.4) is 0 Å². The zero-order valence-electron chi connectivity index (χ0n) is 8.85. The molecule has 1 nitrogen and oxygen atoms in total. The van der Waals surface area contributed by atoms with Crippen LogP contribution in [0.4, 0.5) is 0 Å². The molecule has 1 rings (SSSR count). The van der Waals surface area contributed by atoms with Gasteiger partial charge in [0.15, 0.2) is 0 Å². The molecule has 14 heavy (non-hydrogen) atoms. The zero-order valence-corrected chi connectivity index (χ0v) is 8.85. The molecule has 1 aromatic rings. The van der Waals surface area contributed by atoms with Gasteiger partial charge < -0.3 is 0 Å². The summed E-state index contributed by atoms with van der Waals surface area (Å²) in [6.07, 6.45) is 0.425. The molecule has 0 aromatic heterocycles. The van der Waals surface area contributed by atoms with E-state index in [2.05, 4.69) is 17.9 Å². The Morgan fingerprint density at radius 2 is 2.07 bits per heavy atom. The molecule has 0 radical (unpaired) electrons. The minimum absolute atomic E-state index is 0.0128. The highest BCUT2D eigenvalue weighted by atomic mass is 16.1. The standard InChI is InChI=1S/C13H14O/c1-4-5-13(14)9-12-8-10(2)6-7-11(12)3/h6-8H,9H2,1-3H3. The molecule has 0 aliphatic rings. The molecule has 0 aliphatic heterocycles. The number of Topliss-reactive ketones (excluding diaryl/α,β-unsaturated/α-hetero) is 1. The fourth-order valence-electron chi connectivity index (χ4n) is 1.35. The van der Waals surface area contributed by atoms with Gasteiger partial charge in [-0.3, -0.25) is 4.79 Å². The van der Waals surface area contributed by atoms with Crippen molar-refractivity contribution in [3.05, 3.63) is 34.9 Å². The maximum atomic E-state index is 11.3. The molecule has 1 aromatic carbocycles. The van der Waals surface area contributed by atoms with E-state index in [1.165, 1.54) is 5.56 Å². The zero-order chi connectivity index (χ0) is 10.6. The average Bonchev–Trinajstić information content (AvgIpc) is 2.12. The number of aryl methyl sites for hydroxylation is 2. The molecule has 0 N–H and O–H groups in total. The van der Waals surface area contributed by atoms with Gasteiger partial charge in [0.05, 0.1) is 0 Å². The van der Waals surface area contributed by atoms with E-state index in [0.717, 1.165) is 11.1 Å². The SMILES string of the molecule is CC#CC(=O)Cc1cc(C)ccc1C. The molecule has 0 aliphatic carbocycles. The summed E-state index contributed by atoms with van der Waals surface area (Å²) in [5, 5.41) is 0. The highest BCUT2D eigenvalue weighted by molar-refractivity contribution is 5.97. The number of carbonyl (C=O) groups is 1. The largest absolute Gasteiger partial charge is 0.285 e. The van der Waals surface area contributed by atoms with Gasteiger partial charge >= 0.3 is 0 Å². The molecular weight excluding hydrogens is 172 g/mol. The number of carbonyl (C=O) groups excluding carboxylic acids is 1. The Balaban J connectivity index is 2.89. The van der Waals surface area contributed by atoms with Gasteiger partial charge in [-0.15, -0.1) is 0 Å². The van der Waals surface area contributed by atoms with Crippen molar-refractivity contribution in [1.29, 1.82) is 0 Å². The first-order chi connectivity index (χ1) is 6.63. The number of rotatable bonds is 2. The topological polar surface area (TPSA) is 17.1 Å². The Hall–Kier alpha value is -1.55. The maximum absolute atomic E-state index is 11.3. The number of ketones is 1. The monoisotopic (exact) mass is 186 g/mol. The highest BCUT2D eigenvalue weighted by Gasteiger charge is 2.03. The van der Waals surface area contributed by atoms with Crippen LogP contribution in [0.5, 0.6) is 0 Å². The lowest BCUT2D eigenvalue weighted by atomic mass is 10.0. The number of benzene rings is 1. The lowest BCUT2D eigenvalue weighted by Gasteiger charge is -2.03. The summed E-state index contributed by atoms with van der Waals surface area (Å²) in [7, 11) is 0. The van der Waals surface area contributed by atoms with E-state index in [1.807, 2.05) is 26.0 Å². The quantitative estimate of drug-likeness (QED) is 0.512. The van der Waals surface area contributed by atoms with Crippen LogP contribution in [0.25, 0.3) is 0 Å². The van der Waals surface area contributed by atoms with Gasteiger partial charge in [-0.1, -0.05) is 29.7 Å². The summed E-state index contributed by atoms with van der Waals surface area (Å²) in [6, 6.07) is 6.14. The summed E-state index contributed by atoms with van der Waals surface area (Å²) >= 11 is 0. The summed E-state index contributed by atoms with van der Waals surface area (Å²) in [6.45, 7) is 5.72. The van der Waals surface area contributed by atoms with Gasteiger partial charge in [0, 0.05) is 6.42 Å². The molecule has 0 bridgehead atoms. The Bertz CT molecular complexity index is 405. The highest BCUT2D eigenvalue weighted by Crippen LogP contribution is 2.11. The molecule has 1 heteroatoms. The van der Waals surface area contributed by atoms with Crippen molar-refractivity contribution >= 4 is 5.78 Å². The summed E-state index contributed by atoms with van der Waals surface area (Å²) < 4.78 is 0. The lowest BCUT2D eigenvalue weighted by Crippen LogP contribution is -2.01. The molecule has 72 valence electrons. The van der Waals surface area contributed by atoms with E-state index in [4.69, 9.17) is 0 Å². The van der Waals surface area contributed by atoms with Crippen LogP contribution in [0.2, 0.25) is 0 Å². The van der Waals surface area contributed by atoms with Crippen molar-refractivity contribution in [2.75, 3.05) is 0 Å². The summed E-state index contributed by atoms with van der Waals surface area (Å²) in [5.74, 6) is 5.16. The molecule has 0 atom stereocenters. The molecule has 0 saturated carbocycles. The van der Waals surface area contributed by atoms with Crippen molar-refractivity contribution in [3.8, 4) is 11.8 Å². The van der Waals surface area contributed by atoms with Crippen molar-refractivity contribution in [2.45, 2.75) is 27.2 Å². The van der Waals surface area contributed by atoms with Gasteiger partial charge in [-0.2, -0.15) is 0 Å². The first-order valence-corrected chi connectivity index (χ1v) is 4.65. The fourth-order valence-corrected chi connectivity index (χ4v) is 1.35. The molecule has 0 heterocycles. The summed E-state index contributed by atoms with van der Waals surface area (Å²) in [4.78, 5) is 11.3. The van der Waals surface area contributed by atoms with Crippen LogP contribution in [0, 0.1) is 25.7 Å². The predicted molar refractivity (Wildman–Crippen MR) is 58.1 cm³/mol. The minimum atomic E-state index is -0.0128. The second kappa shape index (κ2) is 4.62. The Labute approximate surface area is 85.1 Å². The molecule has 0 unspecified atom stereocenters. The van der Waals surface area contributed by atoms with Crippen LogP contribution in [-0.2, 0) is 11.2 Å². The van der Waals surface area contributed by atoms with Gasteiger partial charge in [-0.05, 0) is 37.8 Å². The minimum Gasteiger partial charge on any atom is -0.285 e. The third-order valence-electron chi connectivity index (χ3n) is 2.12. The van der Waals surface area contributed by atoms with E-state index in [1.54, 1.807) is 6.92 Å². The van der Waals surface area contributed by atoms with E-state index >= 15 is 0 Å². The second-order valence-corrected chi connectivity index (χ2v) is 3.40. The molecular formula is C13H14O. The van der Waals surface area contributed by atoms with Gasteiger partial charge in [0.2, 0.25) is 5.78 Å². The number of hydrogen-bond acceptors (Lipinski definition) is 1. The van der Waals surface area contributed by atoms with Gasteiger partial charge in [-0.25, -0.2) is 0 Å². The lowest BCUT2D eigenvalue weighted by molar-refractivity contribution is -0.113. The first-order valence-electron chi connectivity index (χ1n) is 4.65. The maximum Gasteiger partial charge on any atom is 0.209 e. The van der Waals surface area contributed by atoms with Crippen LogP contribution in [0.15, 0.2) is 18.2 Å². The Morgan fingerprint density at radius 3 is 2.71 bits per heavy atom. The third-order valence-corrected chi connectivity index (χ3v) is 2.12. The van der Waals surface area contributed by atoms with E-state index < -0.39 is 0 Å². The summed E-state index contributed by atoms with van der Waals surface area (Å²) in [5.41, 5.74) is 3.42. The Kier molecular flexibility index (Phi) is 3.48. The Morgan fingerprint density at radius 1 is 1.36 bits per heavy atom. The number of hydrogen-bond donors (Lipinski definition) is 0. The van der Waals surface area contributed by atoms with Gasteiger partial charge in [0.25, 0.3) is 0 Å². The fraction of sp³-hybridized carbons (Fsp3) is 0.308. The van der Waals surface area contributed by atoms with Crippen molar-refractivity contribution in [3.63, 3.8) is 0 Å². The van der Waals surface area contributed by atoms with E-state index in [-0.39, 0.29) is 5.78 Å². The van der Waals surface area contributed by atoms with Crippen LogP contribution in [0.1, 0.15) is 23.6 Å². The van der Waals surface area contributed by atoms with Crippen molar-refractivity contribution in [2.24, 2.45) is 0 Å². The van der Waals surface area contributed by atoms with Crippen LogP contribution < -0.4 is 0 Å². The van der Waals surface area contributed by atoms with E-state index in [0.29, 0.717) is 6.42 Å². The second-order valence-electron chi connectivity index (χ2n) is 3.40. The predicted octanol–water partition coefficient (Wildman–Crippen LogP) is 2.44. The smallest absolute Gasteiger partial charge is 0.209 e. The molecule has 0 fully saturated rings. The van der Waals surface area contributed by atoms with Crippen molar-refractivity contribution < 1.29 is 4.79 Å². The van der Waals surface area contributed by atoms with Crippen LogP contribution >= 0.6 is 0 Å². The van der Waals surface area contributed by atoms with Crippen LogP contribution in [-0.4, -0.2) is 5.78 Å². The first kappa shape index (κ1) is 10.5. The third kappa shape index (κ3) is 2.74. The molecule has 0 spiro atoms. The van der Waals surface area contributed by atoms with E-state index in [9.17, 15) is 4.79 Å². The molecule has 0 amide bonds.